The van der Waals surface area contributed by atoms with E-state index in [0.29, 0.717) is 6.54 Å². The molecule has 0 aromatic carbocycles. The van der Waals surface area contributed by atoms with Gasteiger partial charge in [0, 0.05) is 38.5 Å². The Hall–Kier alpha value is -2.15. The second-order valence-corrected chi connectivity index (χ2v) is 6.31. The van der Waals surface area contributed by atoms with Crippen LogP contribution in [0.15, 0.2) is 16.8 Å². The van der Waals surface area contributed by atoms with Gasteiger partial charge in [-0.2, -0.15) is 5.10 Å². The number of likely N-dealkylation sites (N-methyl/N-ethyl adjacent to an activating group) is 1. The van der Waals surface area contributed by atoms with Gasteiger partial charge in [-0.1, -0.05) is 5.16 Å². The number of carbonyl (C=O) groups is 1. The number of amides is 1. The third-order valence-electron chi connectivity index (χ3n) is 4.52. The number of aryl methyl sites for hydroxylation is 1. The van der Waals surface area contributed by atoms with E-state index < -0.39 is 0 Å². The molecule has 0 aliphatic carbocycles. The first-order chi connectivity index (χ1) is 11.0. The first-order valence-electron chi connectivity index (χ1n) is 7.87. The second kappa shape index (κ2) is 6.16. The molecule has 0 spiro atoms. The van der Waals surface area contributed by atoms with Crippen molar-refractivity contribution in [3.8, 4) is 11.3 Å². The predicted octanol–water partition coefficient (Wildman–Crippen LogP) is 1.44. The van der Waals surface area contributed by atoms with E-state index in [1.807, 2.05) is 24.7 Å². The standard InChI is InChI=1S/C16H23N5O2/c1-11-13(9-17-20(11)4)14-8-12(23-18-14)10-21-7-5-6-15(21)16(22)19(2)3/h8-9,15H,5-7,10H2,1-4H3. The van der Waals surface area contributed by atoms with Crippen molar-refractivity contribution in [1.29, 1.82) is 0 Å². The molecule has 1 saturated heterocycles. The maximum Gasteiger partial charge on any atom is 0.239 e. The largest absolute Gasteiger partial charge is 0.359 e. The van der Waals surface area contributed by atoms with Gasteiger partial charge in [0.1, 0.15) is 5.69 Å². The minimum Gasteiger partial charge on any atom is -0.359 e. The van der Waals surface area contributed by atoms with Crippen molar-refractivity contribution in [3.05, 3.63) is 23.7 Å². The van der Waals surface area contributed by atoms with Crippen LogP contribution in [0.5, 0.6) is 0 Å². The molecule has 1 amide bonds. The molecule has 7 nitrogen and oxygen atoms in total. The van der Waals surface area contributed by atoms with Crippen LogP contribution in [-0.2, 0) is 18.4 Å². The quantitative estimate of drug-likeness (QED) is 0.853. The van der Waals surface area contributed by atoms with Crippen LogP contribution in [0.2, 0.25) is 0 Å². The van der Waals surface area contributed by atoms with Gasteiger partial charge in [0.2, 0.25) is 5.91 Å². The molecule has 0 bridgehead atoms. The molecule has 2 aromatic rings. The van der Waals surface area contributed by atoms with E-state index in [1.165, 1.54) is 0 Å². The molecule has 3 heterocycles. The summed E-state index contributed by atoms with van der Waals surface area (Å²) < 4.78 is 7.30. The molecular weight excluding hydrogens is 294 g/mol. The Morgan fingerprint density at radius 2 is 2.26 bits per heavy atom. The molecular formula is C16H23N5O2. The maximum atomic E-state index is 12.2. The van der Waals surface area contributed by atoms with Gasteiger partial charge in [0.25, 0.3) is 0 Å². The van der Waals surface area contributed by atoms with E-state index >= 15 is 0 Å². The number of likely N-dealkylation sites (tertiary alicyclic amines) is 1. The highest BCUT2D eigenvalue weighted by molar-refractivity contribution is 5.81. The molecule has 0 radical (unpaired) electrons. The van der Waals surface area contributed by atoms with E-state index in [0.717, 1.165) is 42.1 Å². The van der Waals surface area contributed by atoms with Crippen LogP contribution < -0.4 is 0 Å². The van der Waals surface area contributed by atoms with Gasteiger partial charge in [0.15, 0.2) is 5.76 Å². The molecule has 0 N–H and O–H groups in total. The minimum atomic E-state index is -0.0568. The Balaban J connectivity index is 1.74. The van der Waals surface area contributed by atoms with Crippen molar-refractivity contribution in [1.82, 2.24) is 24.7 Å². The van der Waals surface area contributed by atoms with Gasteiger partial charge < -0.3 is 9.42 Å². The molecule has 1 atom stereocenters. The first kappa shape index (κ1) is 15.7. The number of hydrogen-bond acceptors (Lipinski definition) is 5. The number of nitrogens with zero attached hydrogens (tertiary/aromatic N) is 5. The van der Waals surface area contributed by atoms with E-state index in [2.05, 4.69) is 15.2 Å². The zero-order chi connectivity index (χ0) is 16.6. The summed E-state index contributed by atoms with van der Waals surface area (Å²) in [7, 11) is 5.51. The van der Waals surface area contributed by atoms with Crippen LogP contribution in [0.4, 0.5) is 0 Å². The predicted molar refractivity (Wildman–Crippen MR) is 85.6 cm³/mol. The van der Waals surface area contributed by atoms with Crippen molar-refractivity contribution in [2.75, 3.05) is 20.6 Å². The number of rotatable bonds is 4. The monoisotopic (exact) mass is 317 g/mol. The first-order valence-corrected chi connectivity index (χ1v) is 7.87. The molecule has 7 heteroatoms. The third-order valence-corrected chi connectivity index (χ3v) is 4.52. The van der Waals surface area contributed by atoms with Crippen LogP contribution in [0, 0.1) is 6.92 Å². The molecule has 2 aromatic heterocycles. The summed E-state index contributed by atoms with van der Waals surface area (Å²) in [5.41, 5.74) is 2.82. The lowest BCUT2D eigenvalue weighted by molar-refractivity contribution is -0.133. The van der Waals surface area contributed by atoms with Crippen LogP contribution in [0.1, 0.15) is 24.3 Å². The summed E-state index contributed by atoms with van der Waals surface area (Å²) in [5, 5.41) is 8.39. The lowest BCUT2D eigenvalue weighted by Gasteiger charge is -2.24. The van der Waals surface area contributed by atoms with Crippen molar-refractivity contribution in [2.24, 2.45) is 7.05 Å². The third kappa shape index (κ3) is 3.01. The smallest absolute Gasteiger partial charge is 0.239 e. The van der Waals surface area contributed by atoms with E-state index in [-0.39, 0.29) is 11.9 Å². The van der Waals surface area contributed by atoms with Crippen LogP contribution in [0.25, 0.3) is 11.3 Å². The molecule has 124 valence electrons. The van der Waals surface area contributed by atoms with Gasteiger partial charge >= 0.3 is 0 Å². The van der Waals surface area contributed by atoms with Crippen LogP contribution in [-0.4, -0.2) is 57.3 Å². The molecule has 1 aliphatic rings. The Morgan fingerprint density at radius 1 is 1.48 bits per heavy atom. The lowest BCUT2D eigenvalue weighted by atomic mass is 10.1. The van der Waals surface area contributed by atoms with Gasteiger partial charge in [-0.15, -0.1) is 0 Å². The van der Waals surface area contributed by atoms with Crippen LogP contribution >= 0.6 is 0 Å². The highest BCUT2D eigenvalue weighted by Gasteiger charge is 2.32. The fraction of sp³-hybridized carbons (Fsp3) is 0.562. The summed E-state index contributed by atoms with van der Waals surface area (Å²) >= 11 is 0. The molecule has 0 saturated carbocycles. The summed E-state index contributed by atoms with van der Waals surface area (Å²) in [6.07, 6.45) is 3.73. The summed E-state index contributed by atoms with van der Waals surface area (Å²) in [6.45, 7) is 3.52. The Morgan fingerprint density at radius 3 is 2.91 bits per heavy atom. The van der Waals surface area contributed by atoms with Crippen molar-refractivity contribution in [3.63, 3.8) is 0 Å². The zero-order valence-electron chi connectivity index (χ0n) is 14.1. The van der Waals surface area contributed by atoms with Gasteiger partial charge in [0.05, 0.1) is 18.8 Å². The molecule has 1 unspecified atom stereocenters. The van der Waals surface area contributed by atoms with Gasteiger partial charge in [-0.25, -0.2) is 0 Å². The van der Waals surface area contributed by atoms with Gasteiger partial charge in [-0.05, 0) is 26.3 Å². The maximum absolute atomic E-state index is 12.2. The fourth-order valence-electron chi connectivity index (χ4n) is 3.06. The minimum absolute atomic E-state index is 0.0568. The van der Waals surface area contributed by atoms with Crippen molar-refractivity contribution in [2.45, 2.75) is 32.4 Å². The number of aromatic nitrogens is 3. The zero-order valence-corrected chi connectivity index (χ0v) is 14.1. The highest BCUT2D eigenvalue weighted by atomic mass is 16.5. The average Bonchev–Trinajstić information content (AvgIpc) is 3.22. The number of hydrogen-bond donors (Lipinski definition) is 0. The van der Waals surface area contributed by atoms with Crippen molar-refractivity contribution >= 4 is 5.91 Å². The SMILES string of the molecule is Cc1c(-c2cc(CN3CCCC3C(=O)N(C)C)on2)cnn1C. The number of carbonyl (C=O) groups excluding carboxylic acids is 1. The molecule has 1 aliphatic heterocycles. The van der Waals surface area contributed by atoms with Gasteiger partial charge in [-0.3, -0.25) is 14.4 Å². The molecule has 1 fully saturated rings. The second-order valence-electron chi connectivity index (χ2n) is 6.31. The Bertz CT molecular complexity index is 703. The highest BCUT2D eigenvalue weighted by Crippen LogP contribution is 2.25. The Kier molecular flexibility index (Phi) is 4.21. The van der Waals surface area contributed by atoms with Crippen molar-refractivity contribution < 1.29 is 9.32 Å². The van der Waals surface area contributed by atoms with E-state index in [1.54, 1.807) is 25.2 Å². The van der Waals surface area contributed by atoms with E-state index in [4.69, 9.17) is 4.52 Å². The average molecular weight is 317 g/mol. The Labute approximate surface area is 135 Å². The lowest BCUT2D eigenvalue weighted by Crippen LogP contribution is -2.42. The summed E-state index contributed by atoms with van der Waals surface area (Å²) in [5.74, 6) is 0.937. The topological polar surface area (TPSA) is 67.4 Å². The molecule has 23 heavy (non-hydrogen) atoms. The summed E-state index contributed by atoms with van der Waals surface area (Å²) in [4.78, 5) is 16.1. The summed E-state index contributed by atoms with van der Waals surface area (Å²) in [6, 6.07) is 1.89. The van der Waals surface area contributed by atoms with Crippen LogP contribution in [0.3, 0.4) is 0 Å². The molecule has 3 rings (SSSR count). The van der Waals surface area contributed by atoms with E-state index in [9.17, 15) is 4.79 Å². The fourth-order valence-corrected chi connectivity index (χ4v) is 3.06. The normalized spacial score (nSPS) is 18.5.